The molecule has 1 aliphatic rings. The van der Waals surface area contributed by atoms with Crippen molar-refractivity contribution in [3.05, 3.63) is 82.0 Å². The maximum absolute atomic E-state index is 13.1. The van der Waals surface area contributed by atoms with E-state index in [2.05, 4.69) is 15.4 Å². The zero-order chi connectivity index (χ0) is 21.8. The number of carbonyl (C=O) groups excluding carboxylic acids is 2. The Labute approximate surface area is 184 Å². The van der Waals surface area contributed by atoms with Gasteiger partial charge >= 0.3 is 0 Å². The molecule has 31 heavy (non-hydrogen) atoms. The van der Waals surface area contributed by atoms with Crippen LogP contribution in [0.15, 0.2) is 70.9 Å². The predicted molar refractivity (Wildman–Crippen MR) is 119 cm³/mol. The van der Waals surface area contributed by atoms with Crippen LogP contribution in [-0.2, 0) is 32.6 Å². The summed E-state index contributed by atoms with van der Waals surface area (Å²) in [6.07, 6.45) is 0.773. The third kappa shape index (κ3) is 5.01. The normalized spacial score (nSPS) is 14.4. The zero-order valence-corrected chi connectivity index (χ0v) is 18.1. The molecule has 2 heterocycles. The van der Waals surface area contributed by atoms with E-state index in [-0.39, 0.29) is 10.8 Å². The number of benzene rings is 2. The van der Waals surface area contributed by atoms with E-state index < -0.39 is 22.0 Å². The molecular formula is C22H21N3O4S2. The highest BCUT2D eigenvalue weighted by Gasteiger charge is 2.28. The summed E-state index contributed by atoms with van der Waals surface area (Å²) in [6.45, 7) is 0.320. The van der Waals surface area contributed by atoms with Crippen molar-refractivity contribution in [3.8, 4) is 0 Å². The Balaban J connectivity index is 1.58. The van der Waals surface area contributed by atoms with Crippen molar-refractivity contribution in [2.75, 3.05) is 5.32 Å². The lowest BCUT2D eigenvalue weighted by atomic mass is 10.0. The summed E-state index contributed by atoms with van der Waals surface area (Å²) in [4.78, 5) is 25.5. The largest absolute Gasteiger partial charge is 0.350 e. The van der Waals surface area contributed by atoms with Crippen molar-refractivity contribution in [1.82, 2.24) is 10.0 Å². The standard InChI is InChI=1S/C22H21N3O4S2/c26-20-11-8-16-13-18(9-10-19(16)24-20)31(28,29)25-21(15-5-2-1-3-6-15)22(27)23-14-17-7-4-12-30-17/h1-7,9-10,12-13,21,25H,8,11,14H2,(H,23,27)(H,24,26). The SMILES string of the molecule is O=C1CCc2cc(S(=O)(=O)NC(C(=O)NCc3cccs3)c3ccccc3)ccc2N1. The van der Waals surface area contributed by atoms with Crippen LogP contribution >= 0.6 is 11.3 Å². The Morgan fingerprint density at radius 2 is 1.87 bits per heavy atom. The smallest absolute Gasteiger partial charge is 0.243 e. The lowest BCUT2D eigenvalue weighted by molar-refractivity contribution is -0.123. The average Bonchev–Trinajstić information content (AvgIpc) is 3.30. The number of anilines is 1. The summed E-state index contributed by atoms with van der Waals surface area (Å²) < 4.78 is 28.8. The van der Waals surface area contributed by atoms with Gasteiger partial charge in [0, 0.05) is 17.0 Å². The molecule has 160 valence electrons. The second-order valence-electron chi connectivity index (χ2n) is 7.13. The lowest BCUT2D eigenvalue weighted by Crippen LogP contribution is -2.40. The first-order chi connectivity index (χ1) is 14.9. The molecule has 0 radical (unpaired) electrons. The molecule has 0 aliphatic carbocycles. The minimum absolute atomic E-state index is 0.0504. The van der Waals surface area contributed by atoms with Crippen LogP contribution in [0.1, 0.15) is 28.5 Å². The number of thiophene rings is 1. The molecule has 1 atom stereocenters. The molecule has 3 N–H and O–H groups in total. The Morgan fingerprint density at radius 1 is 1.06 bits per heavy atom. The number of carbonyl (C=O) groups is 2. The summed E-state index contributed by atoms with van der Waals surface area (Å²) in [6, 6.07) is 16.0. The van der Waals surface area contributed by atoms with Crippen LogP contribution in [0.5, 0.6) is 0 Å². The highest BCUT2D eigenvalue weighted by molar-refractivity contribution is 7.89. The van der Waals surface area contributed by atoms with Gasteiger partial charge in [-0.2, -0.15) is 4.72 Å². The van der Waals surface area contributed by atoms with Gasteiger partial charge in [-0.05, 0) is 47.2 Å². The first kappa shape index (κ1) is 21.2. The maximum atomic E-state index is 13.1. The van der Waals surface area contributed by atoms with Gasteiger partial charge in [0.05, 0.1) is 11.4 Å². The second kappa shape index (κ2) is 9.01. The number of nitrogens with one attached hydrogen (secondary N) is 3. The van der Waals surface area contributed by atoms with Gasteiger partial charge < -0.3 is 10.6 Å². The molecule has 0 fully saturated rings. The minimum Gasteiger partial charge on any atom is -0.350 e. The molecule has 7 nitrogen and oxygen atoms in total. The van der Waals surface area contributed by atoms with Crippen molar-refractivity contribution in [1.29, 1.82) is 0 Å². The topological polar surface area (TPSA) is 104 Å². The van der Waals surface area contributed by atoms with Gasteiger partial charge in [-0.15, -0.1) is 11.3 Å². The molecule has 9 heteroatoms. The molecule has 2 aromatic carbocycles. The highest BCUT2D eigenvalue weighted by atomic mass is 32.2. The molecule has 2 amide bonds. The Morgan fingerprint density at radius 3 is 2.61 bits per heavy atom. The van der Waals surface area contributed by atoms with Crippen LogP contribution in [0.4, 0.5) is 5.69 Å². The van der Waals surface area contributed by atoms with Crippen molar-refractivity contribution in [2.45, 2.75) is 30.3 Å². The number of amides is 2. The molecule has 0 bridgehead atoms. The lowest BCUT2D eigenvalue weighted by Gasteiger charge is -2.21. The van der Waals surface area contributed by atoms with Crippen molar-refractivity contribution in [2.24, 2.45) is 0 Å². The van der Waals surface area contributed by atoms with Crippen LogP contribution in [0.3, 0.4) is 0 Å². The predicted octanol–water partition coefficient (Wildman–Crippen LogP) is 2.97. The molecule has 1 aliphatic heterocycles. The van der Waals surface area contributed by atoms with Gasteiger partial charge in [-0.3, -0.25) is 9.59 Å². The molecule has 0 saturated carbocycles. The Kier molecular flexibility index (Phi) is 6.17. The fraction of sp³-hybridized carbons (Fsp3) is 0.182. The second-order valence-corrected chi connectivity index (χ2v) is 9.88. The number of hydrogen-bond donors (Lipinski definition) is 3. The Hall–Kier alpha value is -3.01. The van der Waals surface area contributed by atoms with Crippen molar-refractivity contribution < 1.29 is 18.0 Å². The van der Waals surface area contributed by atoms with E-state index in [0.29, 0.717) is 30.6 Å². The number of rotatable bonds is 7. The van der Waals surface area contributed by atoms with Gasteiger partial charge in [-0.1, -0.05) is 36.4 Å². The first-order valence-electron chi connectivity index (χ1n) is 9.72. The summed E-state index contributed by atoms with van der Waals surface area (Å²) in [7, 11) is -3.99. The fourth-order valence-electron chi connectivity index (χ4n) is 3.36. The van der Waals surface area contributed by atoms with Crippen molar-refractivity contribution >= 4 is 38.9 Å². The van der Waals surface area contributed by atoms with E-state index in [4.69, 9.17) is 0 Å². The maximum Gasteiger partial charge on any atom is 0.243 e. The molecule has 4 rings (SSSR count). The summed E-state index contributed by atoms with van der Waals surface area (Å²) in [5.74, 6) is -0.527. The third-order valence-corrected chi connectivity index (χ3v) is 7.26. The number of hydrogen-bond acceptors (Lipinski definition) is 5. The van der Waals surface area contributed by atoms with Gasteiger partial charge in [0.15, 0.2) is 0 Å². The van der Waals surface area contributed by atoms with Crippen LogP contribution in [0.2, 0.25) is 0 Å². The number of fused-ring (bicyclic) bond motifs is 1. The fourth-order valence-corrected chi connectivity index (χ4v) is 5.24. The van der Waals surface area contributed by atoms with Crippen LogP contribution in [0.25, 0.3) is 0 Å². The zero-order valence-electron chi connectivity index (χ0n) is 16.5. The molecule has 0 spiro atoms. The summed E-state index contributed by atoms with van der Waals surface area (Å²) in [5, 5.41) is 7.46. The van der Waals surface area contributed by atoms with Crippen LogP contribution in [-0.4, -0.2) is 20.2 Å². The van der Waals surface area contributed by atoms with E-state index in [0.717, 1.165) is 10.4 Å². The Bertz CT molecular complexity index is 1190. The van der Waals surface area contributed by atoms with Crippen LogP contribution in [0, 0.1) is 0 Å². The van der Waals surface area contributed by atoms with Gasteiger partial charge in [0.25, 0.3) is 0 Å². The van der Waals surface area contributed by atoms with Gasteiger partial charge in [0.1, 0.15) is 6.04 Å². The van der Waals surface area contributed by atoms with E-state index in [1.165, 1.54) is 17.4 Å². The summed E-state index contributed by atoms with van der Waals surface area (Å²) in [5.41, 5.74) is 1.91. The first-order valence-corrected chi connectivity index (χ1v) is 12.1. The van der Waals surface area contributed by atoms with Crippen molar-refractivity contribution in [3.63, 3.8) is 0 Å². The number of sulfonamides is 1. The van der Waals surface area contributed by atoms with E-state index in [9.17, 15) is 18.0 Å². The van der Waals surface area contributed by atoms with E-state index >= 15 is 0 Å². The highest BCUT2D eigenvalue weighted by Crippen LogP contribution is 2.26. The van der Waals surface area contributed by atoms with Gasteiger partial charge in [-0.25, -0.2) is 8.42 Å². The number of aryl methyl sites for hydroxylation is 1. The van der Waals surface area contributed by atoms with E-state index in [1.807, 2.05) is 17.5 Å². The monoisotopic (exact) mass is 455 g/mol. The minimum atomic E-state index is -3.99. The third-order valence-electron chi connectivity index (χ3n) is 4.97. The van der Waals surface area contributed by atoms with Crippen LogP contribution < -0.4 is 15.4 Å². The average molecular weight is 456 g/mol. The summed E-state index contributed by atoms with van der Waals surface area (Å²) >= 11 is 1.51. The molecule has 0 saturated heterocycles. The molecular weight excluding hydrogens is 434 g/mol. The quantitative estimate of drug-likeness (QED) is 0.509. The molecule has 1 unspecified atom stereocenters. The van der Waals surface area contributed by atoms with E-state index in [1.54, 1.807) is 42.5 Å². The van der Waals surface area contributed by atoms with Gasteiger partial charge in [0.2, 0.25) is 21.8 Å². The molecule has 3 aromatic rings. The molecule has 1 aromatic heterocycles.